The molecule has 7 nitrogen and oxygen atoms in total. The summed E-state index contributed by atoms with van der Waals surface area (Å²) in [5, 5.41) is 8.93. The van der Waals surface area contributed by atoms with Crippen LogP contribution in [-0.4, -0.2) is 51.1 Å². The molecule has 1 N–H and O–H groups in total. The van der Waals surface area contributed by atoms with Crippen LogP contribution in [0.25, 0.3) is 0 Å². The van der Waals surface area contributed by atoms with Crippen LogP contribution in [0, 0.1) is 5.92 Å². The van der Waals surface area contributed by atoms with Crippen molar-refractivity contribution in [2.45, 2.75) is 30.4 Å². The average Bonchev–Trinajstić information content (AvgIpc) is 2.45. The quantitative estimate of drug-likeness (QED) is 0.803. The zero-order chi connectivity index (χ0) is 17.2. The number of nitrogens with zero attached hydrogens (tertiary/aromatic N) is 1. The minimum absolute atomic E-state index is 0.0656. The van der Waals surface area contributed by atoms with Gasteiger partial charge in [-0.2, -0.15) is 4.31 Å². The lowest BCUT2D eigenvalue weighted by Gasteiger charge is -2.38. The Morgan fingerprint density at radius 3 is 2.52 bits per heavy atom. The van der Waals surface area contributed by atoms with Gasteiger partial charge >= 0.3 is 5.97 Å². The molecule has 2 rings (SSSR count). The molecular formula is C15H21NO6S. The van der Waals surface area contributed by atoms with E-state index in [2.05, 4.69) is 0 Å². The summed E-state index contributed by atoms with van der Waals surface area (Å²) in [6.45, 7) is 0.292. The maximum Gasteiger partial charge on any atom is 0.306 e. The van der Waals surface area contributed by atoms with E-state index >= 15 is 0 Å². The summed E-state index contributed by atoms with van der Waals surface area (Å²) in [5.74, 6) is -1.10. The van der Waals surface area contributed by atoms with Gasteiger partial charge in [0, 0.05) is 20.2 Å². The Labute approximate surface area is 135 Å². The molecule has 1 saturated carbocycles. The van der Waals surface area contributed by atoms with Crippen molar-refractivity contribution >= 4 is 16.0 Å². The first-order valence-electron chi connectivity index (χ1n) is 7.18. The summed E-state index contributed by atoms with van der Waals surface area (Å²) < 4.78 is 37.1. The van der Waals surface area contributed by atoms with Gasteiger partial charge in [-0.15, -0.1) is 0 Å². The van der Waals surface area contributed by atoms with Crippen LogP contribution < -0.4 is 4.74 Å². The second-order valence-corrected chi connectivity index (χ2v) is 7.57. The lowest BCUT2D eigenvalue weighted by molar-refractivity contribution is -0.146. The summed E-state index contributed by atoms with van der Waals surface area (Å²) in [5.41, 5.74) is 0.720. The molecule has 0 aliphatic heterocycles. The molecule has 1 aromatic rings. The monoisotopic (exact) mass is 343 g/mol. The molecule has 8 heteroatoms. The second-order valence-electron chi connectivity index (χ2n) is 5.60. The average molecular weight is 343 g/mol. The molecule has 23 heavy (non-hydrogen) atoms. The van der Waals surface area contributed by atoms with Gasteiger partial charge in [-0.25, -0.2) is 8.42 Å². The Balaban J connectivity index is 2.28. The predicted octanol–water partition coefficient (Wildman–Crippen LogP) is 1.33. The Morgan fingerprint density at radius 1 is 1.35 bits per heavy atom. The van der Waals surface area contributed by atoms with Crippen LogP contribution in [0.5, 0.6) is 5.75 Å². The van der Waals surface area contributed by atoms with Crippen molar-refractivity contribution < 1.29 is 27.8 Å². The number of benzene rings is 1. The van der Waals surface area contributed by atoms with Crippen LogP contribution in [0.15, 0.2) is 23.1 Å². The zero-order valence-corrected chi connectivity index (χ0v) is 14.2. The van der Waals surface area contributed by atoms with E-state index in [0.717, 1.165) is 5.56 Å². The first kappa shape index (κ1) is 17.7. The van der Waals surface area contributed by atoms with Crippen LogP contribution in [0.1, 0.15) is 18.4 Å². The third-order valence-electron chi connectivity index (χ3n) is 4.17. The molecule has 1 fully saturated rings. The number of hydrogen-bond acceptors (Lipinski definition) is 5. The van der Waals surface area contributed by atoms with E-state index < -0.39 is 21.9 Å². The Bertz CT molecular complexity index is 681. The number of ether oxygens (including phenoxy) is 2. The Morgan fingerprint density at radius 2 is 2.00 bits per heavy atom. The lowest BCUT2D eigenvalue weighted by Crippen LogP contribution is -2.47. The fourth-order valence-electron chi connectivity index (χ4n) is 2.62. The molecule has 1 aliphatic carbocycles. The molecule has 0 unspecified atom stereocenters. The van der Waals surface area contributed by atoms with Crippen LogP contribution in [0.3, 0.4) is 0 Å². The fourth-order valence-corrected chi connectivity index (χ4v) is 4.20. The van der Waals surface area contributed by atoms with E-state index in [9.17, 15) is 13.2 Å². The van der Waals surface area contributed by atoms with Crippen LogP contribution in [0.4, 0.5) is 0 Å². The van der Waals surface area contributed by atoms with Crippen molar-refractivity contribution in [3.8, 4) is 5.75 Å². The van der Waals surface area contributed by atoms with Gasteiger partial charge in [-0.3, -0.25) is 4.79 Å². The van der Waals surface area contributed by atoms with Crippen molar-refractivity contribution in [3.05, 3.63) is 23.8 Å². The number of rotatable bonds is 7. The zero-order valence-electron chi connectivity index (χ0n) is 13.4. The highest BCUT2D eigenvalue weighted by molar-refractivity contribution is 7.89. The Kier molecular flexibility index (Phi) is 5.28. The molecule has 0 saturated heterocycles. The summed E-state index contributed by atoms with van der Waals surface area (Å²) in [6, 6.07) is 4.56. The van der Waals surface area contributed by atoms with Gasteiger partial charge in [-0.1, -0.05) is 6.07 Å². The van der Waals surface area contributed by atoms with E-state index in [-0.39, 0.29) is 16.7 Å². The van der Waals surface area contributed by atoms with Gasteiger partial charge in [0.1, 0.15) is 10.6 Å². The SMILES string of the molecule is COCc1ccc(OC)c(S(=O)(=O)N(C)C2CC(C(=O)O)C2)c1. The van der Waals surface area contributed by atoms with Gasteiger partial charge < -0.3 is 14.6 Å². The summed E-state index contributed by atoms with van der Waals surface area (Å²) in [4.78, 5) is 11.0. The van der Waals surface area contributed by atoms with Gasteiger partial charge in [0.05, 0.1) is 19.6 Å². The molecule has 0 amide bonds. The lowest BCUT2D eigenvalue weighted by atomic mass is 9.80. The number of sulfonamides is 1. The number of carbonyl (C=O) groups is 1. The van der Waals surface area contributed by atoms with Crippen LogP contribution in [-0.2, 0) is 26.2 Å². The highest BCUT2D eigenvalue weighted by atomic mass is 32.2. The summed E-state index contributed by atoms with van der Waals surface area (Å²) in [7, 11) is 0.644. The van der Waals surface area contributed by atoms with E-state index in [0.29, 0.717) is 19.4 Å². The van der Waals surface area contributed by atoms with Gasteiger partial charge in [0.15, 0.2) is 0 Å². The maximum absolute atomic E-state index is 12.8. The van der Waals surface area contributed by atoms with Crippen molar-refractivity contribution in [2.75, 3.05) is 21.3 Å². The summed E-state index contributed by atoms with van der Waals surface area (Å²) >= 11 is 0. The largest absolute Gasteiger partial charge is 0.495 e. The van der Waals surface area contributed by atoms with Gasteiger partial charge in [0.25, 0.3) is 0 Å². The normalized spacial score (nSPS) is 21.0. The van der Waals surface area contributed by atoms with E-state index in [4.69, 9.17) is 14.6 Å². The Hall–Kier alpha value is -1.64. The number of carboxylic acids is 1. The smallest absolute Gasteiger partial charge is 0.306 e. The van der Waals surface area contributed by atoms with Gasteiger partial charge in [0.2, 0.25) is 10.0 Å². The minimum atomic E-state index is -3.77. The molecule has 0 bridgehead atoms. The molecule has 1 aromatic carbocycles. The highest BCUT2D eigenvalue weighted by Crippen LogP contribution is 2.36. The molecule has 1 aliphatic rings. The number of carboxylic acid groups (broad SMARTS) is 1. The van der Waals surface area contributed by atoms with Crippen molar-refractivity contribution in [2.24, 2.45) is 5.92 Å². The number of hydrogen-bond donors (Lipinski definition) is 1. The first-order valence-corrected chi connectivity index (χ1v) is 8.62. The number of methoxy groups -OCH3 is 2. The summed E-state index contributed by atoms with van der Waals surface area (Å²) in [6.07, 6.45) is 0.649. The van der Waals surface area contributed by atoms with Crippen molar-refractivity contribution in [1.29, 1.82) is 0 Å². The minimum Gasteiger partial charge on any atom is -0.495 e. The molecule has 128 valence electrons. The third-order valence-corrected chi connectivity index (χ3v) is 6.10. The van der Waals surface area contributed by atoms with E-state index in [1.807, 2.05) is 0 Å². The topological polar surface area (TPSA) is 93.1 Å². The molecule has 0 atom stereocenters. The molecule has 0 spiro atoms. The first-order chi connectivity index (χ1) is 10.8. The third kappa shape index (κ3) is 3.49. The molecular weight excluding hydrogens is 322 g/mol. The predicted molar refractivity (Wildman–Crippen MR) is 82.8 cm³/mol. The molecule has 0 radical (unpaired) electrons. The van der Waals surface area contributed by atoms with Crippen molar-refractivity contribution in [1.82, 2.24) is 4.31 Å². The van der Waals surface area contributed by atoms with E-state index in [1.165, 1.54) is 31.6 Å². The second kappa shape index (κ2) is 6.86. The van der Waals surface area contributed by atoms with Crippen LogP contribution >= 0.6 is 0 Å². The maximum atomic E-state index is 12.8. The highest BCUT2D eigenvalue weighted by Gasteiger charge is 2.41. The fraction of sp³-hybridized carbons (Fsp3) is 0.533. The molecule has 0 aromatic heterocycles. The van der Waals surface area contributed by atoms with Crippen LogP contribution in [0.2, 0.25) is 0 Å². The molecule has 0 heterocycles. The van der Waals surface area contributed by atoms with Crippen molar-refractivity contribution in [3.63, 3.8) is 0 Å². The standard InChI is InChI=1S/C15H21NO6S/c1-16(12-7-11(8-12)15(17)18)23(19,20)14-6-10(9-21-2)4-5-13(14)22-3/h4-6,11-12H,7-9H2,1-3H3,(H,17,18). The number of aliphatic carboxylic acids is 1. The van der Waals surface area contributed by atoms with E-state index in [1.54, 1.807) is 12.1 Å². The van der Waals surface area contributed by atoms with Gasteiger partial charge in [-0.05, 0) is 30.5 Å².